The second-order valence-electron chi connectivity index (χ2n) is 8.56. The van der Waals surface area contributed by atoms with Crippen molar-refractivity contribution < 1.29 is 28.7 Å². The van der Waals surface area contributed by atoms with Crippen LogP contribution in [0.5, 0.6) is 0 Å². The number of ketones is 1. The largest absolute Gasteiger partial charge is 0.478 e. The van der Waals surface area contributed by atoms with Gasteiger partial charge in [0.2, 0.25) is 11.7 Å². The number of oxazole rings is 1. The lowest BCUT2D eigenvalue weighted by Gasteiger charge is -2.19. The second kappa shape index (κ2) is 11.3. The molecule has 194 valence electrons. The van der Waals surface area contributed by atoms with Gasteiger partial charge in [-0.3, -0.25) is 14.4 Å². The highest BCUT2D eigenvalue weighted by molar-refractivity contribution is 6.33. The molecule has 0 bridgehead atoms. The van der Waals surface area contributed by atoms with E-state index in [4.69, 9.17) is 16.0 Å². The first-order chi connectivity index (χ1) is 18.2. The molecule has 2 atom stereocenters. The van der Waals surface area contributed by atoms with Crippen molar-refractivity contribution >= 4 is 46.3 Å². The predicted molar refractivity (Wildman–Crippen MR) is 141 cm³/mol. The number of amides is 2. The van der Waals surface area contributed by atoms with Crippen molar-refractivity contribution in [2.45, 2.75) is 32.4 Å². The summed E-state index contributed by atoms with van der Waals surface area (Å²) in [7, 11) is 0. The maximum Gasteiger partial charge on any atom is 0.336 e. The highest BCUT2D eigenvalue weighted by Crippen LogP contribution is 2.29. The molecular formula is C28H24ClN3O6. The van der Waals surface area contributed by atoms with Crippen LogP contribution in [0.4, 0.5) is 0 Å². The van der Waals surface area contributed by atoms with Crippen LogP contribution in [0.2, 0.25) is 5.02 Å². The van der Waals surface area contributed by atoms with Crippen molar-refractivity contribution in [2.24, 2.45) is 0 Å². The van der Waals surface area contributed by atoms with Gasteiger partial charge in [0.25, 0.3) is 11.8 Å². The molecule has 1 aromatic heterocycles. The van der Waals surface area contributed by atoms with Crippen molar-refractivity contribution in [3.8, 4) is 11.1 Å². The van der Waals surface area contributed by atoms with Crippen LogP contribution in [0.1, 0.15) is 51.7 Å². The van der Waals surface area contributed by atoms with E-state index in [0.29, 0.717) is 27.2 Å². The molecule has 2 amide bonds. The Labute approximate surface area is 222 Å². The Hall–Kier alpha value is -4.50. The standard InChI is InChI=1S/C28H24ClN3O6/c1-3-21(24(33)27-32-22-10-6-7-11-23(22)38-27)31-25(34)15(2)30-26(35)18-13-12-16(14-19(18)28(36)37)17-8-4-5-9-20(17)29/h4-15,21H,3H2,1-2H3,(H,30,35)(H,31,34)(H,36,37)/t15-,21-/m0/s1. The highest BCUT2D eigenvalue weighted by atomic mass is 35.5. The maximum atomic E-state index is 12.9. The molecule has 0 radical (unpaired) electrons. The molecule has 0 saturated carbocycles. The van der Waals surface area contributed by atoms with Crippen molar-refractivity contribution in [2.75, 3.05) is 0 Å². The monoisotopic (exact) mass is 533 g/mol. The van der Waals surface area contributed by atoms with Gasteiger partial charge in [-0.1, -0.05) is 54.9 Å². The number of nitrogens with one attached hydrogen (secondary N) is 2. The molecular weight excluding hydrogens is 510 g/mol. The molecule has 1 heterocycles. The molecule has 0 unspecified atom stereocenters. The third-order valence-corrected chi connectivity index (χ3v) is 6.30. The van der Waals surface area contributed by atoms with E-state index < -0.39 is 35.7 Å². The van der Waals surface area contributed by atoms with Crippen molar-refractivity contribution in [3.63, 3.8) is 0 Å². The van der Waals surface area contributed by atoms with Crippen LogP contribution in [0.15, 0.2) is 71.1 Å². The highest BCUT2D eigenvalue weighted by Gasteiger charge is 2.28. The SMILES string of the molecule is CC[C@H](NC(=O)[C@H](C)NC(=O)c1ccc(-c2ccccc2Cl)cc1C(=O)O)C(=O)c1nc2ccccc2o1. The van der Waals surface area contributed by atoms with Crippen LogP contribution in [-0.4, -0.2) is 45.7 Å². The number of hydrogen-bond donors (Lipinski definition) is 3. The first kappa shape index (κ1) is 26.6. The Morgan fingerprint density at radius 2 is 1.68 bits per heavy atom. The Balaban J connectivity index is 1.47. The maximum absolute atomic E-state index is 12.9. The van der Waals surface area contributed by atoms with Gasteiger partial charge < -0.3 is 20.2 Å². The quantitative estimate of drug-likeness (QED) is 0.264. The zero-order valence-corrected chi connectivity index (χ0v) is 21.3. The molecule has 4 rings (SSSR count). The van der Waals surface area contributed by atoms with E-state index in [9.17, 15) is 24.3 Å². The summed E-state index contributed by atoms with van der Waals surface area (Å²) in [5, 5.41) is 15.3. The molecule has 0 spiro atoms. The minimum Gasteiger partial charge on any atom is -0.478 e. The summed E-state index contributed by atoms with van der Waals surface area (Å²) in [6.07, 6.45) is 0.261. The Bertz CT molecular complexity index is 1510. The van der Waals surface area contributed by atoms with E-state index in [-0.39, 0.29) is 23.4 Å². The van der Waals surface area contributed by atoms with Crippen LogP contribution in [0.3, 0.4) is 0 Å². The average molecular weight is 534 g/mol. The van der Waals surface area contributed by atoms with Crippen molar-refractivity contribution in [3.05, 3.63) is 88.8 Å². The van der Waals surface area contributed by atoms with E-state index in [1.165, 1.54) is 19.1 Å². The van der Waals surface area contributed by atoms with Gasteiger partial charge in [0.15, 0.2) is 5.58 Å². The number of carbonyl (C=O) groups is 4. The lowest BCUT2D eigenvalue weighted by Crippen LogP contribution is -2.50. The fraction of sp³-hybridized carbons (Fsp3) is 0.179. The number of carbonyl (C=O) groups excluding carboxylic acids is 3. The molecule has 0 aliphatic carbocycles. The van der Waals surface area contributed by atoms with Gasteiger partial charge in [-0.15, -0.1) is 0 Å². The third-order valence-electron chi connectivity index (χ3n) is 5.97. The van der Waals surface area contributed by atoms with E-state index in [2.05, 4.69) is 15.6 Å². The van der Waals surface area contributed by atoms with Crippen molar-refractivity contribution in [1.82, 2.24) is 15.6 Å². The number of para-hydroxylation sites is 2. The summed E-state index contributed by atoms with van der Waals surface area (Å²) >= 11 is 6.23. The van der Waals surface area contributed by atoms with Gasteiger partial charge in [-0.2, -0.15) is 0 Å². The van der Waals surface area contributed by atoms with Gasteiger partial charge in [0, 0.05) is 10.6 Å². The van der Waals surface area contributed by atoms with Gasteiger partial charge >= 0.3 is 5.97 Å². The number of rotatable bonds is 9. The molecule has 3 N–H and O–H groups in total. The number of hydrogen-bond acceptors (Lipinski definition) is 6. The number of halogens is 1. The van der Waals surface area contributed by atoms with E-state index in [1.54, 1.807) is 61.5 Å². The summed E-state index contributed by atoms with van der Waals surface area (Å²) in [4.78, 5) is 54.8. The van der Waals surface area contributed by atoms with Gasteiger partial charge in [-0.05, 0) is 49.2 Å². The molecule has 4 aromatic rings. The Kier molecular flexibility index (Phi) is 7.87. The fourth-order valence-corrected chi connectivity index (χ4v) is 4.14. The zero-order valence-electron chi connectivity index (χ0n) is 20.5. The number of benzene rings is 3. The Morgan fingerprint density at radius 1 is 0.974 bits per heavy atom. The van der Waals surface area contributed by atoms with Gasteiger partial charge in [0.05, 0.1) is 17.2 Å². The number of carboxylic acids is 1. The first-order valence-electron chi connectivity index (χ1n) is 11.8. The summed E-state index contributed by atoms with van der Waals surface area (Å²) in [6.45, 7) is 3.15. The molecule has 0 aliphatic rings. The number of aromatic carboxylic acids is 1. The molecule has 0 aliphatic heterocycles. The second-order valence-corrected chi connectivity index (χ2v) is 8.97. The lowest BCUT2D eigenvalue weighted by atomic mass is 9.98. The minimum absolute atomic E-state index is 0.123. The van der Waals surface area contributed by atoms with Crippen LogP contribution < -0.4 is 10.6 Å². The average Bonchev–Trinajstić information content (AvgIpc) is 3.35. The molecule has 3 aromatic carbocycles. The number of fused-ring (bicyclic) bond motifs is 1. The first-order valence-corrected chi connectivity index (χ1v) is 12.2. The predicted octanol–water partition coefficient (Wildman–Crippen LogP) is 4.74. The molecule has 38 heavy (non-hydrogen) atoms. The van der Waals surface area contributed by atoms with E-state index in [1.807, 2.05) is 0 Å². The minimum atomic E-state index is -1.31. The van der Waals surface area contributed by atoms with Crippen LogP contribution in [-0.2, 0) is 4.79 Å². The molecule has 9 nitrogen and oxygen atoms in total. The summed E-state index contributed by atoms with van der Waals surface area (Å²) in [6, 6.07) is 16.2. The zero-order chi connectivity index (χ0) is 27.4. The summed E-state index contributed by atoms with van der Waals surface area (Å²) in [5.41, 5.74) is 1.75. The lowest BCUT2D eigenvalue weighted by molar-refractivity contribution is -0.123. The van der Waals surface area contributed by atoms with E-state index >= 15 is 0 Å². The van der Waals surface area contributed by atoms with Crippen LogP contribution >= 0.6 is 11.6 Å². The number of carboxylic acid groups (broad SMARTS) is 1. The van der Waals surface area contributed by atoms with Gasteiger partial charge in [0.1, 0.15) is 11.6 Å². The third kappa shape index (κ3) is 5.57. The summed E-state index contributed by atoms with van der Waals surface area (Å²) in [5.74, 6) is -3.32. The topological polar surface area (TPSA) is 139 Å². The number of nitrogens with zero attached hydrogens (tertiary/aromatic N) is 1. The Morgan fingerprint density at radius 3 is 2.37 bits per heavy atom. The van der Waals surface area contributed by atoms with Crippen LogP contribution in [0.25, 0.3) is 22.2 Å². The van der Waals surface area contributed by atoms with E-state index in [0.717, 1.165) is 0 Å². The normalized spacial score (nSPS) is 12.5. The molecule has 0 saturated heterocycles. The number of Topliss-reactive ketones (excluding diaryl/α,β-unsaturated/α-hetero) is 1. The van der Waals surface area contributed by atoms with Crippen LogP contribution in [0, 0.1) is 0 Å². The fourth-order valence-electron chi connectivity index (χ4n) is 3.90. The molecule has 0 fully saturated rings. The van der Waals surface area contributed by atoms with Crippen molar-refractivity contribution in [1.29, 1.82) is 0 Å². The number of aromatic nitrogens is 1. The summed E-state index contributed by atoms with van der Waals surface area (Å²) < 4.78 is 5.52. The van der Waals surface area contributed by atoms with Gasteiger partial charge in [-0.25, -0.2) is 9.78 Å². The molecule has 10 heteroatoms. The smallest absolute Gasteiger partial charge is 0.336 e.